The van der Waals surface area contributed by atoms with Gasteiger partial charge in [-0.25, -0.2) is 0 Å². The first kappa shape index (κ1) is 29.3. The zero-order chi connectivity index (χ0) is 28.9. The van der Waals surface area contributed by atoms with Gasteiger partial charge in [-0.1, -0.05) is 30.7 Å². The predicted octanol–water partition coefficient (Wildman–Crippen LogP) is 5.01. The fourth-order valence-electron chi connectivity index (χ4n) is 9.07. The molecular formula is C32H48N2O6. The number of hydrogen-bond donors (Lipinski definition) is 3. The number of rotatable bonds is 7. The molecule has 0 bridgehead atoms. The van der Waals surface area contributed by atoms with Crippen LogP contribution in [0.3, 0.4) is 0 Å². The lowest BCUT2D eigenvalue weighted by Crippen LogP contribution is -2.53. The highest BCUT2D eigenvalue weighted by Gasteiger charge is 2.62. The third-order valence-electron chi connectivity index (χ3n) is 11.5. The molecule has 0 spiro atoms. The lowest BCUT2D eigenvalue weighted by Gasteiger charge is -2.58. The fraction of sp³-hybridized carbons (Fsp3) is 0.781. The molecule has 4 aliphatic carbocycles. The molecule has 5 aliphatic rings. The molecule has 0 unspecified atom stereocenters. The van der Waals surface area contributed by atoms with E-state index in [9.17, 15) is 19.8 Å². The predicted molar refractivity (Wildman–Crippen MR) is 153 cm³/mol. The normalized spacial score (nSPS) is 41.8. The van der Waals surface area contributed by atoms with E-state index in [1.165, 1.54) is 5.57 Å². The number of nitrogens with one attached hydrogen (secondary N) is 1. The molecule has 222 valence electrons. The minimum atomic E-state index is -0.937. The summed E-state index contributed by atoms with van der Waals surface area (Å²) in [6, 6.07) is -0.474. The Morgan fingerprint density at radius 2 is 1.88 bits per heavy atom. The standard InChI is InChI=1S/C32H48N2O6/c1-29(2)18-20(11-15-39-29)26(17-28(36)37)33-27(35)19-40-34-22-8-12-30(3)21(16-22)6-7-23-24(30)9-13-31(4)25(23)10-14-32(31,5)38/h8,12,16,20,23-26,38H,6-7,9-11,13-15,17-19H2,1-5H3,(H,33,35)(H,36,37)/b34-22-/t20-,23-,24+,25+,26-,30+,31+,32+/m1/s1. The number of ether oxygens (including phenoxy) is 1. The molecule has 1 heterocycles. The van der Waals surface area contributed by atoms with Gasteiger partial charge in [-0.05, 0) is 113 Å². The average molecular weight is 557 g/mol. The Bertz CT molecular complexity index is 1110. The Kier molecular flexibility index (Phi) is 7.75. The van der Waals surface area contributed by atoms with Gasteiger partial charge in [0.1, 0.15) is 5.71 Å². The lowest BCUT2D eigenvalue weighted by molar-refractivity contribution is -0.139. The molecule has 0 aromatic heterocycles. The van der Waals surface area contributed by atoms with Crippen molar-refractivity contribution in [3.63, 3.8) is 0 Å². The summed E-state index contributed by atoms with van der Waals surface area (Å²) in [6.07, 6.45) is 14.0. The molecule has 3 N–H and O–H groups in total. The van der Waals surface area contributed by atoms with Crippen molar-refractivity contribution >= 4 is 17.6 Å². The van der Waals surface area contributed by atoms with Crippen molar-refractivity contribution in [3.05, 3.63) is 23.8 Å². The molecule has 0 aromatic carbocycles. The van der Waals surface area contributed by atoms with Gasteiger partial charge in [-0.2, -0.15) is 0 Å². The molecule has 8 atom stereocenters. The van der Waals surface area contributed by atoms with Crippen LogP contribution in [0.4, 0.5) is 0 Å². The topological polar surface area (TPSA) is 117 Å². The number of oxime groups is 1. The van der Waals surface area contributed by atoms with E-state index in [1.54, 1.807) is 0 Å². The Morgan fingerprint density at radius 3 is 2.60 bits per heavy atom. The third kappa shape index (κ3) is 5.38. The summed E-state index contributed by atoms with van der Waals surface area (Å²) < 4.78 is 5.77. The summed E-state index contributed by atoms with van der Waals surface area (Å²) in [5, 5.41) is 27.7. The molecule has 8 heteroatoms. The number of allylic oxidation sites excluding steroid dienone is 4. The maximum absolute atomic E-state index is 12.7. The molecule has 0 radical (unpaired) electrons. The van der Waals surface area contributed by atoms with Crippen LogP contribution in [0.5, 0.6) is 0 Å². The molecule has 1 aliphatic heterocycles. The number of aliphatic hydroxyl groups is 1. The number of carboxylic acids is 1. The van der Waals surface area contributed by atoms with Gasteiger partial charge >= 0.3 is 5.97 Å². The lowest BCUT2D eigenvalue weighted by atomic mass is 9.47. The van der Waals surface area contributed by atoms with Gasteiger partial charge in [-0.3, -0.25) is 9.59 Å². The largest absolute Gasteiger partial charge is 0.481 e. The monoisotopic (exact) mass is 556 g/mol. The van der Waals surface area contributed by atoms with Crippen LogP contribution in [0.2, 0.25) is 0 Å². The third-order valence-corrected chi connectivity index (χ3v) is 11.5. The van der Waals surface area contributed by atoms with Crippen molar-refractivity contribution in [1.29, 1.82) is 0 Å². The van der Waals surface area contributed by atoms with Gasteiger partial charge < -0.3 is 25.1 Å². The summed E-state index contributed by atoms with van der Waals surface area (Å²) in [5.41, 5.74) is 1.17. The summed E-state index contributed by atoms with van der Waals surface area (Å²) in [7, 11) is 0. The molecule has 0 aromatic rings. The van der Waals surface area contributed by atoms with Crippen molar-refractivity contribution in [2.75, 3.05) is 13.2 Å². The highest BCUT2D eigenvalue weighted by atomic mass is 16.6. The second-order valence-electron chi connectivity index (χ2n) is 14.4. The van der Waals surface area contributed by atoms with E-state index in [0.29, 0.717) is 42.9 Å². The number of carbonyl (C=O) groups is 2. The van der Waals surface area contributed by atoms with Crippen LogP contribution in [0.1, 0.15) is 92.4 Å². The number of nitrogens with zero attached hydrogens (tertiary/aromatic N) is 1. The van der Waals surface area contributed by atoms with Gasteiger partial charge in [-0.15, -0.1) is 0 Å². The minimum Gasteiger partial charge on any atom is -0.481 e. The molecular weight excluding hydrogens is 508 g/mol. The van der Waals surface area contributed by atoms with Crippen molar-refractivity contribution in [2.24, 2.45) is 39.7 Å². The van der Waals surface area contributed by atoms with Gasteiger partial charge in [0.15, 0.2) is 6.61 Å². The molecule has 5 rings (SSSR count). The summed E-state index contributed by atoms with van der Waals surface area (Å²) in [5.74, 6) is 0.483. The smallest absolute Gasteiger partial charge is 0.305 e. The van der Waals surface area contributed by atoms with E-state index >= 15 is 0 Å². The SMILES string of the molecule is CC1(C)C[C@H]([C@@H](CC(=O)O)NC(=O)CO/N=C2/C=C[C@@]3(C)C(=C2)CC[C@@H]2[C@@H]3CC[C@@]3(C)[C@H]2CC[C@]3(C)O)CCO1. The number of carboxylic acid groups (broad SMARTS) is 1. The molecule has 3 saturated carbocycles. The van der Waals surface area contributed by atoms with Crippen molar-refractivity contribution in [2.45, 2.75) is 110 Å². The van der Waals surface area contributed by atoms with E-state index in [2.05, 4.69) is 36.5 Å². The zero-order valence-corrected chi connectivity index (χ0v) is 24.9. The van der Waals surface area contributed by atoms with Crippen molar-refractivity contribution in [3.8, 4) is 0 Å². The first-order valence-corrected chi connectivity index (χ1v) is 15.2. The van der Waals surface area contributed by atoms with Crippen LogP contribution < -0.4 is 5.32 Å². The highest BCUT2D eigenvalue weighted by Crippen LogP contribution is 2.66. The second kappa shape index (κ2) is 10.6. The van der Waals surface area contributed by atoms with E-state index in [4.69, 9.17) is 9.57 Å². The van der Waals surface area contributed by atoms with Gasteiger partial charge in [0.2, 0.25) is 0 Å². The maximum atomic E-state index is 12.7. The molecule has 40 heavy (non-hydrogen) atoms. The van der Waals surface area contributed by atoms with Gasteiger partial charge in [0.25, 0.3) is 5.91 Å². The summed E-state index contributed by atoms with van der Waals surface area (Å²) >= 11 is 0. The van der Waals surface area contributed by atoms with Crippen LogP contribution in [0.25, 0.3) is 0 Å². The van der Waals surface area contributed by atoms with Gasteiger partial charge in [0.05, 0.1) is 17.6 Å². The molecule has 1 saturated heterocycles. The van der Waals surface area contributed by atoms with Crippen LogP contribution in [0.15, 0.2) is 29.0 Å². The number of amides is 1. The second-order valence-corrected chi connectivity index (χ2v) is 14.4. The molecule has 4 fully saturated rings. The summed E-state index contributed by atoms with van der Waals surface area (Å²) in [4.78, 5) is 29.6. The quantitative estimate of drug-likeness (QED) is 0.380. The number of fused-ring (bicyclic) bond motifs is 5. The van der Waals surface area contributed by atoms with Gasteiger partial charge in [0, 0.05) is 18.1 Å². The Morgan fingerprint density at radius 1 is 1.12 bits per heavy atom. The van der Waals surface area contributed by atoms with Crippen molar-refractivity contribution < 1.29 is 29.4 Å². The Labute approximate surface area is 238 Å². The molecule has 1 amide bonds. The minimum absolute atomic E-state index is 0.00952. The molecule has 8 nitrogen and oxygen atoms in total. The van der Waals surface area contributed by atoms with E-state index in [0.717, 1.165) is 38.5 Å². The summed E-state index contributed by atoms with van der Waals surface area (Å²) in [6.45, 7) is 11.0. The van der Waals surface area contributed by atoms with E-state index in [1.807, 2.05) is 26.8 Å². The fourth-order valence-corrected chi connectivity index (χ4v) is 9.07. The van der Waals surface area contributed by atoms with Crippen LogP contribution in [-0.2, 0) is 19.2 Å². The highest BCUT2D eigenvalue weighted by molar-refractivity contribution is 6.05. The number of carbonyl (C=O) groups excluding carboxylic acids is 1. The van der Waals surface area contributed by atoms with E-state index < -0.39 is 17.6 Å². The van der Waals surface area contributed by atoms with Crippen LogP contribution in [0, 0.1) is 34.5 Å². The number of aliphatic carboxylic acids is 1. The zero-order valence-electron chi connectivity index (χ0n) is 24.9. The first-order chi connectivity index (χ1) is 18.7. The van der Waals surface area contributed by atoms with E-state index in [-0.39, 0.29) is 41.3 Å². The van der Waals surface area contributed by atoms with Crippen LogP contribution >= 0.6 is 0 Å². The average Bonchev–Trinajstić information content (AvgIpc) is 3.11. The Hall–Kier alpha value is -2.19. The maximum Gasteiger partial charge on any atom is 0.305 e. The first-order valence-electron chi connectivity index (χ1n) is 15.2. The van der Waals surface area contributed by atoms with Crippen LogP contribution in [-0.4, -0.2) is 58.3 Å². The number of hydrogen-bond acceptors (Lipinski definition) is 6. The Balaban J connectivity index is 1.19. The van der Waals surface area contributed by atoms with Crippen molar-refractivity contribution in [1.82, 2.24) is 5.32 Å².